The SMILES string of the molecule is CCOc1ccc(N(CC(=O)N(Cc2c(Cl)cccc2Cl)[C@H](Cc2ccccc2)C(=O)NC(C)(C)C)S(=O)(=O)c2ccccc2)cc1. The van der Waals surface area contributed by atoms with Gasteiger partial charge in [0, 0.05) is 34.1 Å². The van der Waals surface area contributed by atoms with E-state index in [0.29, 0.717) is 28.0 Å². The van der Waals surface area contributed by atoms with Crippen molar-refractivity contribution in [1.82, 2.24) is 10.2 Å². The third-order valence-corrected chi connectivity index (χ3v) is 9.70. The lowest BCUT2D eigenvalue weighted by atomic mass is 10.0. The molecule has 4 aromatic carbocycles. The van der Waals surface area contributed by atoms with Crippen LogP contribution in [0, 0.1) is 0 Å². The Bertz CT molecular complexity index is 1740. The second-order valence-corrected chi connectivity index (χ2v) is 14.6. The number of ether oxygens (including phenoxy) is 1. The fourth-order valence-electron chi connectivity index (χ4n) is 4.98. The number of hydrogen-bond donors (Lipinski definition) is 1. The van der Waals surface area contributed by atoms with Crippen molar-refractivity contribution in [2.75, 3.05) is 17.5 Å². The van der Waals surface area contributed by atoms with Crippen molar-refractivity contribution in [2.45, 2.75) is 57.1 Å². The number of carbonyl (C=O) groups excluding carboxylic acids is 2. The van der Waals surface area contributed by atoms with E-state index in [0.717, 1.165) is 9.87 Å². The Morgan fingerprint density at radius 3 is 1.96 bits per heavy atom. The van der Waals surface area contributed by atoms with Gasteiger partial charge in [-0.2, -0.15) is 0 Å². The highest BCUT2D eigenvalue weighted by molar-refractivity contribution is 7.92. The molecular weight excluding hydrogens is 657 g/mol. The second-order valence-electron chi connectivity index (χ2n) is 11.9. The van der Waals surface area contributed by atoms with Crippen molar-refractivity contribution >= 4 is 50.7 Å². The molecule has 0 heterocycles. The third kappa shape index (κ3) is 9.50. The number of sulfonamides is 1. The van der Waals surface area contributed by atoms with E-state index in [1.54, 1.807) is 60.7 Å². The minimum Gasteiger partial charge on any atom is -0.494 e. The number of anilines is 1. The van der Waals surface area contributed by atoms with Crippen LogP contribution in [0.5, 0.6) is 5.75 Å². The summed E-state index contributed by atoms with van der Waals surface area (Å²) in [5.41, 5.74) is 0.877. The lowest BCUT2D eigenvalue weighted by Crippen LogP contribution is -2.56. The van der Waals surface area contributed by atoms with E-state index in [1.807, 2.05) is 58.0 Å². The van der Waals surface area contributed by atoms with Gasteiger partial charge in [-0.15, -0.1) is 0 Å². The quantitative estimate of drug-likeness (QED) is 0.160. The first-order valence-corrected chi connectivity index (χ1v) is 17.4. The van der Waals surface area contributed by atoms with Crippen LogP contribution in [0.25, 0.3) is 0 Å². The average molecular weight is 697 g/mol. The summed E-state index contributed by atoms with van der Waals surface area (Å²) in [6, 6.07) is 27.6. The molecule has 0 aliphatic carbocycles. The molecule has 0 fully saturated rings. The van der Waals surface area contributed by atoms with Crippen molar-refractivity contribution in [2.24, 2.45) is 0 Å². The monoisotopic (exact) mass is 695 g/mol. The first-order chi connectivity index (χ1) is 22.3. The van der Waals surface area contributed by atoms with Gasteiger partial charge in [-0.1, -0.05) is 77.8 Å². The minimum absolute atomic E-state index is 0.00805. The maximum Gasteiger partial charge on any atom is 0.264 e. The highest BCUT2D eigenvalue weighted by Gasteiger charge is 2.36. The molecule has 4 rings (SSSR count). The molecule has 4 aromatic rings. The summed E-state index contributed by atoms with van der Waals surface area (Å²) >= 11 is 13.2. The molecule has 8 nitrogen and oxygen atoms in total. The molecule has 0 unspecified atom stereocenters. The van der Waals surface area contributed by atoms with Crippen LogP contribution in [0.3, 0.4) is 0 Å². The van der Waals surface area contributed by atoms with Crippen LogP contribution in [0.1, 0.15) is 38.8 Å². The molecule has 1 atom stereocenters. The number of rotatable bonds is 13. The van der Waals surface area contributed by atoms with Gasteiger partial charge < -0.3 is 15.0 Å². The molecule has 0 saturated carbocycles. The lowest BCUT2D eigenvalue weighted by molar-refractivity contribution is -0.140. The summed E-state index contributed by atoms with van der Waals surface area (Å²) in [7, 11) is -4.24. The lowest BCUT2D eigenvalue weighted by Gasteiger charge is -2.35. The van der Waals surface area contributed by atoms with Gasteiger partial charge >= 0.3 is 0 Å². The van der Waals surface area contributed by atoms with Crippen molar-refractivity contribution in [1.29, 1.82) is 0 Å². The standard InChI is InChI=1S/C36H39Cl2N3O5S/c1-5-46-28-21-19-27(20-22-28)41(47(44,45)29-15-10-7-11-16-29)25-34(42)40(24-30-31(37)17-12-18-32(30)38)33(35(43)39-36(2,3)4)23-26-13-8-6-9-14-26/h6-22,33H,5,23-25H2,1-4H3,(H,39,43)/t33-/m1/s1. The van der Waals surface area contributed by atoms with Gasteiger partial charge in [-0.05, 0) is 81.8 Å². The summed E-state index contributed by atoms with van der Waals surface area (Å²) in [5.74, 6) is -0.479. The Morgan fingerprint density at radius 1 is 0.830 bits per heavy atom. The summed E-state index contributed by atoms with van der Waals surface area (Å²) in [5, 5.41) is 3.63. The summed E-state index contributed by atoms with van der Waals surface area (Å²) < 4.78 is 34.9. The number of nitrogens with zero attached hydrogens (tertiary/aromatic N) is 2. The highest BCUT2D eigenvalue weighted by atomic mass is 35.5. The Labute approximate surface area is 287 Å². The van der Waals surface area contributed by atoms with E-state index >= 15 is 0 Å². The van der Waals surface area contributed by atoms with E-state index < -0.39 is 40.0 Å². The zero-order valence-corrected chi connectivity index (χ0v) is 29.1. The highest BCUT2D eigenvalue weighted by Crippen LogP contribution is 2.30. The number of carbonyl (C=O) groups is 2. The van der Waals surface area contributed by atoms with Crippen LogP contribution in [0.2, 0.25) is 10.0 Å². The Kier molecular flexibility index (Phi) is 12.0. The normalized spacial score (nSPS) is 12.2. The van der Waals surface area contributed by atoms with E-state index in [9.17, 15) is 18.0 Å². The van der Waals surface area contributed by atoms with Crippen molar-refractivity contribution in [3.05, 3.63) is 124 Å². The van der Waals surface area contributed by atoms with Crippen molar-refractivity contribution in [3.63, 3.8) is 0 Å². The van der Waals surface area contributed by atoms with Crippen LogP contribution in [0.4, 0.5) is 5.69 Å². The summed E-state index contributed by atoms with van der Waals surface area (Å²) in [6.45, 7) is 7.07. The molecular formula is C36H39Cl2N3O5S. The molecule has 1 N–H and O–H groups in total. The van der Waals surface area contributed by atoms with E-state index in [2.05, 4.69) is 5.32 Å². The van der Waals surface area contributed by atoms with Crippen LogP contribution in [-0.4, -0.2) is 49.9 Å². The van der Waals surface area contributed by atoms with Gasteiger partial charge in [0.25, 0.3) is 10.0 Å². The molecule has 11 heteroatoms. The van der Waals surface area contributed by atoms with Gasteiger partial charge in [-0.25, -0.2) is 8.42 Å². The van der Waals surface area contributed by atoms with Crippen LogP contribution >= 0.6 is 23.2 Å². The molecule has 47 heavy (non-hydrogen) atoms. The minimum atomic E-state index is -4.24. The number of amides is 2. The molecule has 0 bridgehead atoms. The molecule has 0 saturated heterocycles. The van der Waals surface area contributed by atoms with Crippen LogP contribution in [-0.2, 0) is 32.6 Å². The number of benzene rings is 4. The number of nitrogens with one attached hydrogen (secondary N) is 1. The molecule has 0 aromatic heterocycles. The molecule has 0 aliphatic rings. The molecule has 248 valence electrons. The first kappa shape index (κ1) is 35.8. The zero-order chi connectivity index (χ0) is 34.2. The van der Waals surface area contributed by atoms with Crippen LogP contribution < -0.4 is 14.4 Å². The summed E-state index contributed by atoms with van der Waals surface area (Å²) in [6.07, 6.45) is 0.158. The molecule has 2 amide bonds. The topological polar surface area (TPSA) is 96.0 Å². The maximum atomic E-state index is 14.6. The van der Waals surface area contributed by atoms with E-state index in [-0.39, 0.29) is 23.5 Å². The van der Waals surface area contributed by atoms with Crippen molar-refractivity contribution < 1.29 is 22.7 Å². The smallest absolute Gasteiger partial charge is 0.264 e. The third-order valence-electron chi connectivity index (χ3n) is 7.21. The number of halogens is 2. The Morgan fingerprint density at radius 2 is 1.40 bits per heavy atom. The largest absolute Gasteiger partial charge is 0.494 e. The van der Waals surface area contributed by atoms with Gasteiger partial charge in [0.15, 0.2) is 0 Å². The van der Waals surface area contributed by atoms with E-state index in [1.165, 1.54) is 17.0 Å². The van der Waals surface area contributed by atoms with E-state index in [4.69, 9.17) is 27.9 Å². The molecule has 0 radical (unpaired) electrons. The van der Waals surface area contributed by atoms with Gasteiger partial charge in [0.1, 0.15) is 18.3 Å². The van der Waals surface area contributed by atoms with Crippen molar-refractivity contribution in [3.8, 4) is 5.75 Å². The first-order valence-electron chi connectivity index (χ1n) is 15.2. The zero-order valence-electron chi connectivity index (χ0n) is 26.8. The molecule has 0 aliphatic heterocycles. The predicted molar refractivity (Wildman–Crippen MR) is 187 cm³/mol. The van der Waals surface area contributed by atoms with Gasteiger partial charge in [0.2, 0.25) is 11.8 Å². The fraction of sp³-hybridized carbons (Fsp3) is 0.278. The Balaban J connectivity index is 1.84. The molecule has 0 spiro atoms. The summed E-state index contributed by atoms with van der Waals surface area (Å²) in [4.78, 5) is 30.0. The average Bonchev–Trinajstić information content (AvgIpc) is 3.03. The Hall–Kier alpha value is -4.05. The predicted octanol–water partition coefficient (Wildman–Crippen LogP) is 7.14. The van der Waals surface area contributed by atoms with Gasteiger partial charge in [0.05, 0.1) is 17.2 Å². The fourth-order valence-corrected chi connectivity index (χ4v) is 6.94. The second kappa shape index (κ2) is 15.7. The number of hydrogen-bond acceptors (Lipinski definition) is 5. The van der Waals surface area contributed by atoms with Crippen LogP contribution in [0.15, 0.2) is 108 Å². The maximum absolute atomic E-state index is 14.6. The van der Waals surface area contributed by atoms with Gasteiger partial charge in [-0.3, -0.25) is 13.9 Å².